The van der Waals surface area contributed by atoms with Crippen LogP contribution >= 0.6 is 12.4 Å². The molecular weight excluding hydrogens is 192 g/mol. The highest BCUT2D eigenvalue weighted by Gasteiger charge is 2.39. The van der Waals surface area contributed by atoms with Gasteiger partial charge in [0.05, 0.1) is 13.0 Å². The monoisotopic (exact) mass is 201 g/mol. The van der Waals surface area contributed by atoms with E-state index in [-0.39, 0.29) is 25.2 Å². The molecule has 72 valence electrons. The highest BCUT2D eigenvalue weighted by molar-refractivity contribution is 5.85. The van der Waals surface area contributed by atoms with E-state index < -0.39 is 24.5 Å². The molecule has 0 aliphatic carbocycles. The molecule has 0 aromatic carbocycles. The summed E-state index contributed by atoms with van der Waals surface area (Å²) in [6.07, 6.45) is -0.588. The maximum absolute atomic E-state index is 12.4. The number of aliphatic carboxylic acids is 1. The van der Waals surface area contributed by atoms with E-state index in [0.29, 0.717) is 0 Å². The molecule has 1 aliphatic rings. The summed E-state index contributed by atoms with van der Waals surface area (Å²) in [6.45, 7) is -0.398. The first kappa shape index (κ1) is 11.6. The highest BCUT2D eigenvalue weighted by atomic mass is 35.5. The van der Waals surface area contributed by atoms with Crippen molar-refractivity contribution in [1.82, 2.24) is 5.32 Å². The molecule has 0 amide bonds. The van der Waals surface area contributed by atoms with Crippen LogP contribution in [0.4, 0.5) is 8.78 Å². The van der Waals surface area contributed by atoms with E-state index in [9.17, 15) is 13.6 Å². The molecule has 1 atom stereocenters. The Hall–Kier alpha value is -0.420. The lowest BCUT2D eigenvalue weighted by Crippen LogP contribution is -2.24. The standard InChI is InChI=1S/C6H9F2NO2.ClH/c7-6(8)2-4(9-3-6)1-5(10)11;/h4,9H,1-3H2,(H,10,11);1H/t4-;/m0./s1. The SMILES string of the molecule is Cl.O=C(O)C[C@H]1CC(F)(F)CN1. The minimum Gasteiger partial charge on any atom is -0.481 e. The number of carboxylic acids is 1. The Bertz CT molecular complexity index is 177. The molecule has 1 fully saturated rings. The van der Waals surface area contributed by atoms with Crippen LogP contribution in [0, 0.1) is 0 Å². The average Bonchev–Trinajstić information content (AvgIpc) is 2.08. The van der Waals surface area contributed by atoms with Crippen LogP contribution < -0.4 is 5.32 Å². The van der Waals surface area contributed by atoms with E-state index in [2.05, 4.69) is 5.32 Å². The topological polar surface area (TPSA) is 49.3 Å². The summed E-state index contributed by atoms with van der Waals surface area (Å²) in [5.41, 5.74) is 0. The second kappa shape index (κ2) is 4.00. The lowest BCUT2D eigenvalue weighted by molar-refractivity contribution is -0.137. The van der Waals surface area contributed by atoms with Gasteiger partial charge < -0.3 is 10.4 Å². The number of hydrogen-bond acceptors (Lipinski definition) is 2. The van der Waals surface area contributed by atoms with E-state index in [1.54, 1.807) is 0 Å². The highest BCUT2D eigenvalue weighted by Crippen LogP contribution is 2.26. The Morgan fingerprint density at radius 3 is 2.58 bits per heavy atom. The molecule has 12 heavy (non-hydrogen) atoms. The number of alkyl halides is 2. The summed E-state index contributed by atoms with van der Waals surface area (Å²) in [5.74, 6) is -3.76. The van der Waals surface area contributed by atoms with Crippen LogP contribution in [0.2, 0.25) is 0 Å². The molecule has 0 unspecified atom stereocenters. The lowest BCUT2D eigenvalue weighted by Gasteiger charge is -2.05. The molecule has 1 aliphatic heterocycles. The Morgan fingerprint density at radius 2 is 2.25 bits per heavy atom. The van der Waals surface area contributed by atoms with Gasteiger partial charge in [-0.05, 0) is 0 Å². The molecule has 1 saturated heterocycles. The molecule has 2 N–H and O–H groups in total. The van der Waals surface area contributed by atoms with Crippen LogP contribution in [0.1, 0.15) is 12.8 Å². The zero-order valence-electron chi connectivity index (χ0n) is 6.22. The largest absolute Gasteiger partial charge is 0.481 e. The van der Waals surface area contributed by atoms with E-state index in [4.69, 9.17) is 5.11 Å². The van der Waals surface area contributed by atoms with Gasteiger partial charge in [0, 0.05) is 12.5 Å². The third-order valence-corrected chi connectivity index (χ3v) is 1.62. The third-order valence-electron chi connectivity index (χ3n) is 1.62. The molecule has 0 radical (unpaired) electrons. The molecule has 0 saturated carbocycles. The Balaban J connectivity index is 0.00000121. The normalized spacial score (nSPS) is 26.3. The minimum atomic E-state index is -2.72. The Labute approximate surface area is 74.5 Å². The number of hydrogen-bond donors (Lipinski definition) is 2. The van der Waals surface area contributed by atoms with Crippen molar-refractivity contribution in [1.29, 1.82) is 0 Å². The van der Waals surface area contributed by atoms with Gasteiger partial charge in [-0.1, -0.05) is 0 Å². The Kier molecular flexibility index (Phi) is 3.86. The van der Waals surface area contributed by atoms with Crippen molar-refractivity contribution in [2.45, 2.75) is 24.8 Å². The van der Waals surface area contributed by atoms with Gasteiger partial charge in [-0.25, -0.2) is 8.78 Å². The van der Waals surface area contributed by atoms with Gasteiger partial charge in [0.1, 0.15) is 0 Å². The van der Waals surface area contributed by atoms with Gasteiger partial charge >= 0.3 is 5.97 Å². The van der Waals surface area contributed by atoms with Crippen LogP contribution in [-0.4, -0.2) is 29.6 Å². The zero-order chi connectivity index (χ0) is 8.48. The average molecular weight is 202 g/mol. The molecule has 3 nitrogen and oxygen atoms in total. The molecule has 0 aromatic heterocycles. The number of carbonyl (C=O) groups is 1. The molecule has 1 heterocycles. The van der Waals surface area contributed by atoms with E-state index in [1.807, 2.05) is 0 Å². The summed E-state index contributed by atoms with van der Waals surface area (Å²) in [6, 6.07) is -0.567. The minimum absolute atomic E-state index is 0. The molecule has 0 bridgehead atoms. The summed E-state index contributed by atoms with van der Waals surface area (Å²) >= 11 is 0. The van der Waals surface area contributed by atoms with Gasteiger partial charge in [0.25, 0.3) is 5.92 Å². The maximum atomic E-state index is 12.4. The number of halogens is 3. The molecule has 0 aromatic rings. The molecule has 0 spiro atoms. The molecule has 6 heteroatoms. The van der Waals surface area contributed by atoms with E-state index in [0.717, 1.165) is 0 Å². The van der Waals surface area contributed by atoms with Crippen molar-refractivity contribution >= 4 is 18.4 Å². The summed E-state index contributed by atoms with van der Waals surface area (Å²) < 4.78 is 24.8. The van der Waals surface area contributed by atoms with Crippen molar-refractivity contribution in [3.63, 3.8) is 0 Å². The van der Waals surface area contributed by atoms with Crippen molar-refractivity contribution in [3.05, 3.63) is 0 Å². The van der Waals surface area contributed by atoms with Crippen LogP contribution in [-0.2, 0) is 4.79 Å². The van der Waals surface area contributed by atoms with Crippen molar-refractivity contribution < 1.29 is 18.7 Å². The maximum Gasteiger partial charge on any atom is 0.304 e. The van der Waals surface area contributed by atoms with Crippen LogP contribution in [0.25, 0.3) is 0 Å². The summed E-state index contributed by atoms with van der Waals surface area (Å²) in [5, 5.41) is 10.7. The zero-order valence-corrected chi connectivity index (χ0v) is 7.03. The van der Waals surface area contributed by atoms with Crippen LogP contribution in [0.5, 0.6) is 0 Å². The van der Waals surface area contributed by atoms with Gasteiger partial charge in [-0.2, -0.15) is 0 Å². The smallest absolute Gasteiger partial charge is 0.304 e. The van der Waals surface area contributed by atoms with Gasteiger partial charge in [-0.3, -0.25) is 4.79 Å². The predicted octanol–water partition coefficient (Wildman–Crippen LogP) is 0.880. The molecular formula is C6H10ClF2NO2. The van der Waals surface area contributed by atoms with Gasteiger partial charge in [-0.15, -0.1) is 12.4 Å². The second-order valence-corrected chi connectivity index (χ2v) is 2.74. The fourth-order valence-electron chi connectivity index (χ4n) is 1.15. The predicted molar refractivity (Wildman–Crippen MR) is 40.9 cm³/mol. The summed E-state index contributed by atoms with van der Waals surface area (Å²) in [7, 11) is 0. The van der Waals surface area contributed by atoms with Gasteiger partial charge in [0.15, 0.2) is 0 Å². The first-order valence-electron chi connectivity index (χ1n) is 3.33. The fourth-order valence-corrected chi connectivity index (χ4v) is 1.15. The van der Waals surface area contributed by atoms with Crippen LogP contribution in [0.3, 0.4) is 0 Å². The van der Waals surface area contributed by atoms with Crippen molar-refractivity contribution in [2.24, 2.45) is 0 Å². The first-order chi connectivity index (χ1) is 4.99. The molecule has 1 rings (SSSR count). The number of nitrogens with one attached hydrogen (secondary N) is 1. The van der Waals surface area contributed by atoms with E-state index >= 15 is 0 Å². The second-order valence-electron chi connectivity index (χ2n) is 2.74. The van der Waals surface area contributed by atoms with Crippen molar-refractivity contribution in [2.75, 3.05) is 6.54 Å². The summed E-state index contributed by atoms with van der Waals surface area (Å²) in [4.78, 5) is 10.1. The van der Waals surface area contributed by atoms with Crippen molar-refractivity contribution in [3.8, 4) is 0 Å². The number of rotatable bonds is 2. The number of carboxylic acid groups (broad SMARTS) is 1. The fraction of sp³-hybridized carbons (Fsp3) is 0.833. The third kappa shape index (κ3) is 3.32. The van der Waals surface area contributed by atoms with E-state index in [1.165, 1.54) is 0 Å². The van der Waals surface area contributed by atoms with Crippen LogP contribution in [0.15, 0.2) is 0 Å². The quantitative estimate of drug-likeness (QED) is 0.698. The lowest BCUT2D eigenvalue weighted by atomic mass is 10.1. The van der Waals surface area contributed by atoms with Gasteiger partial charge in [0.2, 0.25) is 0 Å². The Morgan fingerprint density at radius 1 is 1.67 bits per heavy atom. The first-order valence-corrected chi connectivity index (χ1v) is 3.33.